The minimum atomic E-state index is -1.12. The fraction of sp³-hybridized carbons (Fsp3) is 0.744. The van der Waals surface area contributed by atoms with Crippen LogP contribution in [0, 0.1) is 0 Å². The number of nitrogens with one attached hydrogen (secondary N) is 1. The summed E-state index contributed by atoms with van der Waals surface area (Å²) in [6, 6.07) is -0.823. The number of carbonyl (C=O) groups excluding carboxylic acids is 1. The van der Waals surface area contributed by atoms with Gasteiger partial charge in [0.25, 0.3) is 0 Å². The van der Waals surface area contributed by atoms with Crippen molar-refractivity contribution in [1.29, 1.82) is 0 Å². The Kier molecular flexibility index (Phi) is 36.3. The van der Waals surface area contributed by atoms with Crippen molar-refractivity contribution < 1.29 is 20.1 Å². The largest absolute Gasteiger partial charge is 0.394 e. The molecule has 0 fully saturated rings. The van der Waals surface area contributed by atoms with Crippen LogP contribution in [-0.2, 0) is 4.79 Å². The molecule has 0 saturated carbocycles. The van der Waals surface area contributed by atoms with Crippen molar-refractivity contribution in [3.8, 4) is 0 Å². The minimum absolute atomic E-state index is 0.387. The Hall–Kier alpha value is -1.95. The summed E-state index contributed by atoms with van der Waals surface area (Å²) < 4.78 is 0. The van der Waals surface area contributed by atoms with E-state index in [0.29, 0.717) is 6.42 Å². The Bertz CT molecular complexity index is 831. The van der Waals surface area contributed by atoms with Gasteiger partial charge >= 0.3 is 0 Å². The molecule has 0 aromatic carbocycles. The van der Waals surface area contributed by atoms with Crippen LogP contribution in [-0.4, -0.2) is 46.1 Å². The average molecular weight is 672 g/mol. The summed E-state index contributed by atoms with van der Waals surface area (Å²) in [5, 5.41) is 32.9. The lowest BCUT2D eigenvalue weighted by atomic mass is 10.0. The molecule has 0 rings (SSSR count). The van der Waals surface area contributed by atoms with Crippen molar-refractivity contribution >= 4 is 5.91 Å². The first-order valence-electron chi connectivity index (χ1n) is 20.1. The lowest BCUT2D eigenvalue weighted by molar-refractivity contribution is -0.131. The molecule has 5 nitrogen and oxygen atoms in total. The average Bonchev–Trinajstić information content (AvgIpc) is 3.09. The maximum Gasteiger partial charge on any atom is 0.249 e. The second-order valence-electron chi connectivity index (χ2n) is 13.4. The SMILES string of the molecule is CC/C=C/CC/C=C/CC/C=C/C(O)C(CO)NC(=O)C(O)CCCCCCCCCC/C=C\C/C=C\CCCCCCCCCCC. The second kappa shape index (κ2) is 37.9. The smallest absolute Gasteiger partial charge is 0.249 e. The molecule has 0 aliphatic heterocycles. The molecule has 3 unspecified atom stereocenters. The molecular formula is C43H77NO4. The first kappa shape index (κ1) is 46.0. The number of carbonyl (C=O) groups is 1. The monoisotopic (exact) mass is 672 g/mol. The first-order valence-corrected chi connectivity index (χ1v) is 20.1. The van der Waals surface area contributed by atoms with Gasteiger partial charge < -0.3 is 20.6 Å². The van der Waals surface area contributed by atoms with Crippen LogP contribution in [0.1, 0.15) is 181 Å². The van der Waals surface area contributed by atoms with Gasteiger partial charge in [-0.3, -0.25) is 4.79 Å². The van der Waals surface area contributed by atoms with E-state index in [4.69, 9.17) is 0 Å². The van der Waals surface area contributed by atoms with E-state index < -0.39 is 24.2 Å². The van der Waals surface area contributed by atoms with Gasteiger partial charge in [0.1, 0.15) is 6.10 Å². The van der Waals surface area contributed by atoms with Gasteiger partial charge in [-0.15, -0.1) is 0 Å². The Morgan fingerprint density at radius 2 is 0.979 bits per heavy atom. The van der Waals surface area contributed by atoms with Crippen LogP contribution < -0.4 is 5.32 Å². The van der Waals surface area contributed by atoms with E-state index in [1.165, 1.54) is 103 Å². The maximum absolute atomic E-state index is 12.4. The Balaban J connectivity index is 3.70. The van der Waals surface area contributed by atoms with Gasteiger partial charge in [-0.05, 0) is 70.6 Å². The summed E-state index contributed by atoms with van der Waals surface area (Å²) in [6.07, 6.45) is 49.7. The highest BCUT2D eigenvalue weighted by Crippen LogP contribution is 2.13. The molecule has 0 aromatic rings. The molecule has 5 heteroatoms. The van der Waals surface area contributed by atoms with Crippen LogP contribution in [0.15, 0.2) is 60.8 Å². The van der Waals surface area contributed by atoms with E-state index in [1.54, 1.807) is 6.08 Å². The number of hydrogen-bond acceptors (Lipinski definition) is 4. The van der Waals surface area contributed by atoms with Gasteiger partial charge in [-0.2, -0.15) is 0 Å². The van der Waals surface area contributed by atoms with E-state index in [0.717, 1.165) is 57.8 Å². The number of allylic oxidation sites excluding steroid dienone is 9. The van der Waals surface area contributed by atoms with Gasteiger partial charge in [0.05, 0.1) is 18.8 Å². The molecule has 0 aliphatic rings. The van der Waals surface area contributed by atoms with Crippen LogP contribution in [0.2, 0.25) is 0 Å². The number of hydrogen-bond donors (Lipinski definition) is 4. The third-order valence-corrected chi connectivity index (χ3v) is 8.82. The lowest BCUT2D eigenvalue weighted by Gasteiger charge is -2.21. The van der Waals surface area contributed by atoms with Crippen molar-refractivity contribution in [2.45, 2.75) is 199 Å². The zero-order valence-electron chi connectivity index (χ0n) is 31.3. The van der Waals surface area contributed by atoms with E-state index >= 15 is 0 Å². The zero-order chi connectivity index (χ0) is 35.2. The Morgan fingerprint density at radius 1 is 0.542 bits per heavy atom. The third kappa shape index (κ3) is 32.6. The molecule has 0 spiro atoms. The van der Waals surface area contributed by atoms with E-state index in [2.05, 4.69) is 67.8 Å². The zero-order valence-corrected chi connectivity index (χ0v) is 31.3. The Labute approximate surface area is 297 Å². The van der Waals surface area contributed by atoms with Crippen LogP contribution in [0.4, 0.5) is 0 Å². The Morgan fingerprint density at radius 3 is 1.48 bits per heavy atom. The quantitative estimate of drug-likeness (QED) is 0.0399. The molecule has 1 amide bonds. The summed E-state index contributed by atoms with van der Waals surface area (Å²) in [5.74, 6) is -0.527. The number of unbranched alkanes of at least 4 members (excludes halogenated alkanes) is 19. The van der Waals surface area contributed by atoms with Gasteiger partial charge in [-0.25, -0.2) is 0 Å². The molecule has 0 saturated heterocycles. The van der Waals surface area contributed by atoms with Gasteiger partial charge in [0.2, 0.25) is 5.91 Å². The normalized spacial score (nSPS) is 14.4. The number of aliphatic hydroxyl groups is 3. The van der Waals surface area contributed by atoms with Crippen molar-refractivity contribution in [2.24, 2.45) is 0 Å². The van der Waals surface area contributed by atoms with Gasteiger partial charge in [0.15, 0.2) is 0 Å². The number of rotatable bonds is 35. The standard InChI is InChI=1S/C43H77NO4/c1-3-5-7-9-11-13-15-16-17-18-19-20-21-22-23-24-25-26-27-28-30-32-34-36-38-42(47)43(48)44-40(39-45)41(46)37-35-33-31-29-14-12-10-8-6-4-2/h6,8,14,19-20,22-23,29,35,37,40-42,45-47H,3-5,7,9-13,15-18,21,24-28,30-34,36,38-39H2,1-2H3,(H,44,48)/b8-6+,20-19-,23-22-,29-14+,37-35+. The van der Waals surface area contributed by atoms with Crippen molar-refractivity contribution in [3.63, 3.8) is 0 Å². The number of aliphatic hydroxyl groups excluding tert-OH is 3. The highest BCUT2D eigenvalue weighted by atomic mass is 16.3. The molecule has 0 heterocycles. The van der Waals surface area contributed by atoms with E-state index in [9.17, 15) is 20.1 Å². The summed E-state index contributed by atoms with van der Waals surface area (Å²) in [5.41, 5.74) is 0. The molecule has 3 atom stereocenters. The molecule has 0 radical (unpaired) electrons. The topological polar surface area (TPSA) is 89.8 Å². The molecular weight excluding hydrogens is 594 g/mol. The molecule has 4 N–H and O–H groups in total. The van der Waals surface area contributed by atoms with Crippen LogP contribution >= 0.6 is 0 Å². The van der Waals surface area contributed by atoms with Crippen molar-refractivity contribution in [1.82, 2.24) is 5.32 Å². The molecule has 278 valence electrons. The van der Waals surface area contributed by atoms with Crippen LogP contribution in [0.5, 0.6) is 0 Å². The maximum atomic E-state index is 12.4. The van der Waals surface area contributed by atoms with Gasteiger partial charge in [-0.1, -0.05) is 171 Å². The predicted octanol–water partition coefficient (Wildman–Crippen LogP) is 11.1. The highest BCUT2D eigenvalue weighted by molar-refractivity contribution is 5.80. The van der Waals surface area contributed by atoms with Gasteiger partial charge in [0, 0.05) is 0 Å². The van der Waals surface area contributed by atoms with E-state index in [1.807, 2.05) is 6.08 Å². The lowest BCUT2D eigenvalue weighted by Crippen LogP contribution is -2.48. The minimum Gasteiger partial charge on any atom is -0.394 e. The molecule has 0 aliphatic carbocycles. The predicted molar refractivity (Wildman–Crippen MR) is 208 cm³/mol. The fourth-order valence-corrected chi connectivity index (χ4v) is 5.66. The molecule has 0 aromatic heterocycles. The van der Waals surface area contributed by atoms with Crippen LogP contribution in [0.3, 0.4) is 0 Å². The number of amides is 1. The summed E-state index contributed by atoms with van der Waals surface area (Å²) in [7, 11) is 0. The summed E-state index contributed by atoms with van der Waals surface area (Å²) in [6.45, 7) is 4.02. The highest BCUT2D eigenvalue weighted by Gasteiger charge is 2.22. The van der Waals surface area contributed by atoms with Crippen molar-refractivity contribution in [3.05, 3.63) is 60.8 Å². The summed E-state index contributed by atoms with van der Waals surface area (Å²) in [4.78, 5) is 12.4. The van der Waals surface area contributed by atoms with Crippen LogP contribution in [0.25, 0.3) is 0 Å². The van der Waals surface area contributed by atoms with Crippen molar-refractivity contribution in [2.75, 3.05) is 6.61 Å². The first-order chi connectivity index (χ1) is 23.6. The third-order valence-electron chi connectivity index (χ3n) is 8.82. The summed E-state index contributed by atoms with van der Waals surface area (Å²) >= 11 is 0. The molecule has 0 bridgehead atoms. The second-order valence-corrected chi connectivity index (χ2v) is 13.4. The fourth-order valence-electron chi connectivity index (χ4n) is 5.66. The molecule has 48 heavy (non-hydrogen) atoms. The van der Waals surface area contributed by atoms with E-state index in [-0.39, 0.29) is 6.61 Å².